The number of benzene rings is 2. The summed E-state index contributed by atoms with van der Waals surface area (Å²) in [5.41, 5.74) is -3.30. The predicted octanol–water partition coefficient (Wildman–Crippen LogP) is 2.28. The summed E-state index contributed by atoms with van der Waals surface area (Å²) >= 11 is 0. The van der Waals surface area contributed by atoms with E-state index in [4.69, 9.17) is 9.47 Å². The van der Waals surface area contributed by atoms with Crippen molar-refractivity contribution < 1.29 is 24.5 Å². The van der Waals surface area contributed by atoms with Crippen LogP contribution in [0.25, 0.3) is 0 Å². The highest BCUT2D eigenvalue weighted by Gasteiger charge is 3.11. The number of hydrogen-bond acceptors (Lipinski definition) is 5. The van der Waals surface area contributed by atoms with E-state index in [0.29, 0.717) is 25.9 Å². The van der Waals surface area contributed by atoms with Crippen molar-refractivity contribution in [3.8, 4) is 0 Å². The van der Waals surface area contributed by atoms with Crippen LogP contribution >= 0.6 is 0 Å². The van der Waals surface area contributed by atoms with Crippen LogP contribution in [0.3, 0.4) is 0 Å². The van der Waals surface area contributed by atoms with Gasteiger partial charge in [0.1, 0.15) is 22.7 Å². The van der Waals surface area contributed by atoms with E-state index in [0.717, 1.165) is 17.5 Å². The standard InChI is InChI=1S/C26H26O5/c27-15-7-13-22-19(28)24(17-9-3-1-4-10-17)20(22)31-23-14-8-16-30-21(23)25(22,26(23,24)29)18-11-5-2-6-12-18/h1-6,9-12,20-21,27,29H,7-8,13-16H2/t20-,21+,22-,23+,24+,25-,26+/m1/s1. The van der Waals surface area contributed by atoms with Gasteiger partial charge in [-0.3, -0.25) is 4.79 Å². The summed E-state index contributed by atoms with van der Waals surface area (Å²) in [7, 11) is 0. The molecule has 4 bridgehead atoms. The molecule has 0 unspecified atom stereocenters. The molecule has 0 radical (unpaired) electrons. The van der Waals surface area contributed by atoms with Gasteiger partial charge in [-0.05, 0) is 36.8 Å². The second kappa shape index (κ2) is 5.46. The molecule has 2 heterocycles. The minimum absolute atomic E-state index is 0.0000515. The molecule has 7 rings (SSSR count). The van der Waals surface area contributed by atoms with Crippen LogP contribution in [0.2, 0.25) is 0 Å². The van der Waals surface area contributed by atoms with E-state index in [1.807, 2.05) is 60.7 Å². The zero-order valence-electron chi connectivity index (χ0n) is 17.3. The van der Waals surface area contributed by atoms with Gasteiger partial charge in [0.25, 0.3) is 0 Å². The van der Waals surface area contributed by atoms with Crippen LogP contribution in [0.1, 0.15) is 36.8 Å². The number of fused-ring (bicyclic) bond motifs is 2. The van der Waals surface area contributed by atoms with Crippen molar-refractivity contribution >= 4 is 5.78 Å². The highest BCUT2D eigenvalue weighted by atomic mass is 16.6. The fourth-order valence-electron chi connectivity index (χ4n) is 8.83. The van der Waals surface area contributed by atoms with Gasteiger partial charge in [-0.25, -0.2) is 0 Å². The van der Waals surface area contributed by atoms with Crippen LogP contribution in [-0.4, -0.2) is 52.6 Å². The number of carbonyl (C=O) groups excluding carboxylic acids is 1. The van der Waals surface area contributed by atoms with Crippen LogP contribution in [0, 0.1) is 5.41 Å². The maximum atomic E-state index is 14.4. The Morgan fingerprint density at radius 1 is 0.968 bits per heavy atom. The quantitative estimate of drug-likeness (QED) is 0.779. The highest BCUT2D eigenvalue weighted by Crippen LogP contribution is 2.93. The van der Waals surface area contributed by atoms with Gasteiger partial charge in [0.05, 0.1) is 16.9 Å². The molecule has 5 heteroatoms. The van der Waals surface area contributed by atoms with Crippen LogP contribution in [0.4, 0.5) is 0 Å². The first-order valence-corrected chi connectivity index (χ1v) is 11.4. The Morgan fingerprint density at radius 3 is 2.32 bits per heavy atom. The lowest BCUT2D eigenvalue weighted by atomic mass is 9.38. The fourth-order valence-corrected chi connectivity index (χ4v) is 8.83. The SMILES string of the molecule is O=C1[C@]2(CCCO)[C@H]3O[C@@]45CCCO[C@@H]4[C@@]2(c2ccccc2)[C@@]5(O)[C@@]13c1ccccc1. The van der Waals surface area contributed by atoms with Gasteiger partial charge in [0.2, 0.25) is 0 Å². The van der Waals surface area contributed by atoms with Crippen molar-refractivity contribution in [2.45, 2.75) is 59.9 Å². The van der Waals surface area contributed by atoms with E-state index in [1.54, 1.807) is 0 Å². The molecule has 2 N–H and O–H groups in total. The van der Waals surface area contributed by atoms with E-state index in [9.17, 15) is 15.0 Å². The van der Waals surface area contributed by atoms with E-state index in [1.165, 1.54) is 0 Å². The molecule has 2 aromatic rings. The Bertz CT molecular complexity index is 1090. The Morgan fingerprint density at radius 2 is 1.65 bits per heavy atom. The Balaban J connectivity index is 1.58. The van der Waals surface area contributed by atoms with Crippen molar-refractivity contribution in [2.75, 3.05) is 13.2 Å². The molecule has 3 aliphatic carbocycles. The summed E-state index contributed by atoms with van der Waals surface area (Å²) < 4.78 is 13.2. The topological polar surface area (TPSA) is 76.0 Å². The number of carbonyl (C=O) groups is 1. The van der Waals surface area contributed by atoms with Gasteiger partial charge >= 0.3 is 0 Å². The normalized spacial score (nSPS) is 48.1. The maximum absolute atomic E-state index is 14.4. The van der Waals surface area contributed by atoms with Crippen molar-refractivity contribution in [3.63, 3.8) is 0 Å². The molecule has 7 atom stereocenters. The molecule has 0 aromatic heterocycles. The first-order chi connectivity index (χ1) is 15.1. The second-order valence-electron chi connectivity index (χ2n) is 9.93. The number of aliphatic hydroxyl groups excluding tert-OH is 1. The molecule has 1 spiro atoms. The zero-order chi connectivity index (χ0) is 21.1. The Labute approximate surface area is 181 Å². The lowest BCUT2D eigenvalue weighted by Crippen LogP contribution is -2.90. The smallest absolute Gasteiger partial charge is 0.159 e. The van der Waals surface area contributed by atoms with Crippen LogP contribution in [0.15, 0.2) is 60.7 Å². The number of aliphatic hydroxyl groups is 2. The molecular weight excluding hydrogens is 392 g/mol. The number of rotatable bonds is 5. The summed E-state index contributed by atoms with van der Waals surface area (Å²) in [6.45, 7) is 0.605. The van der Waals surface area contributed by atoms with Gasteiger partial charge in [-0.2, -0.15) is 0 Å². The average Bonchev–Trinajstić information content (AvgIpc) is 3.15. The van der Waals surface area contributed by atoms with Crippen molar-refractivity contribution in [2.24, 2.45) is 5.41 Å². The molecule has 5 nitrogen and oxygen atoms in total. The fraction of sp³-hybridized carbons (Fsp3) is 0.500. The lowest BCUT2D eigenvalue weighted by molar-refractivity contribution is -0.395. The molecule has 2 saturated heterocycles. The van der Waals surface area contributed by atoms with Crippen molar-refractivity contribution in [3.05, 3.63) is 71.8 Å². The molecule has 5 aliphatic rings. The Kier molecular flexibility index (Phi) is 3.26. The molecule has 2 aliphatic heterocycles. The minimum atomic E-state index is -1.38. The third-order valence-corrected chi connectivity index (χ3v) is 9.37. The van der Waals surface area contributed by atoms with Gasteiger partial charge < -0.3 is 19.7 Å². The molecule has 3 saturated carbocycles. The predicted molar refractivity (Wildman–Crippen MR) is 112 cm³/mol. The van der Waals surface area contributed by atoms with E-state index < -0.39 is 33.6 Å². The van der Waals surface area contributed by atoms with E-state index >= 15 is 0 Å². The van der Waals surface area contributed by atoms with E-state index in [-0.39, 0.29) is 18.5 Å². The van der Waals surface area contributed by atoms with Crippen molar-refractivity contribution in [1.29, 1.82) is 0 Å². The third-order valence-electron chi connectivity index (χ3n) is 9.37. The third kappa shape index (κ3) is 1.40. The molecule has 0 amide bonds. The first kappa shape index (κ1) is 18.5. The Hall–Kier alpha value is -2.05. The van der Waals surface area contributed by atoms with Crippen LogP contribution < -0.4 is 0 Å². The number of ketones is 1. The van der Waals surface area contributed by atoms with Crippen LogP contribution in [0.5, 0.6) is 0 Å². The minimum Gasteiger partial charge on any atom is -0.396 e. The van der Waals surface area contributed by atoms with Gasteiger partial charge in [0, 0.05) is 13.2 Å². The lowest BCUT2D eigenvalue weighted by Gasteiger charge is -2.74. The maximum Gasteiger partial charge on any atom is 0.159 e. The zero-order valence-corrected chi connectivity index (χ0v) is 17.3. The summed E-state index contributed by atoms with van der Waals surface area (Å²) in [5.74, 6) is 0.0610. The summed E-state index contributed by atoms with van der Waals surface area (Å²) in [6, 6.07) is 19.7. The summed E-state index contributed by atoms with van der Waals surface area (Å²) in [5, 5.41) is 22.6. The number of Topliss-reactive ketones (excluding diaryl/α,β-unsaturated/α-hetero) is 1. The largest absolute Gasteiger partial charge is 0.396 e. The monoisotopic (exact) mass is 418 g/mol. The van der Waals surface area contributed by atoms with Gasteiger partial charge in [-0.15, -0.1) is 0 Å². The molecular formula is C26H26O5. The van der Waals surface area contributed by atoms with Gasteiger partial charge in [-0.1, -0.05) is 60.7 Å². The molecule has 31 heavy (non-hydrogen) atoms. The average molecular weight is 418 g/mol. The molecule has 2 aromatic carbocycles. The molecule has 160 valence electrons. The highest BCUT2D eigenvalue weighted by molar-refractivity contribution is 6.13. The number of ether oxygens (including phenoxy) is 2. The number of hydrogen-bond donors (Lipinski definition) is 2. The first-order valence-electron chi connectivity index (χ1n) is 11.4. The second-order valence-corrected chi connectivity index (χ2v) is 9.93. The van der Waals surface area contributed by atoms with E-state index in [2.05, 4.69) is 0 Å². The summed E-state index contributed by atoms with van der Waals surface area (Å²) in [6.07, 6.45) is 1.68. The van der Waals surface area contributed by atoms with Gasteiger partial charge in [0.15, 0.2) is 5.78 Å². The summed E-state index contributed by atoms with van der Waals surface area (Å²) in [4.78, 5) is 14.4. The molecule has 5 fully saturated rings. The van der Waals surface area contributed by atoms with Crippen LogP contribution in [-0.2, 0) is 25.1 Å². The van der Waals surface area contributed by atoms with Crippen molar-refractivity contribution in [1.82, 2.24) is 0 Å².